The number of aliphatic carboxylic acids is 1. The number of carbonyl (C=O) groups is 2. The zero-order valence-corrected chi connectivity index (χ0v) is 14.6. The van der Waals surface area contributed by atoms with Crippen LogP contribution in [0.1, 0.15) is 52.4 Å². The largest absolute Gasteiger partial charge is 0.480 e. The highest BCUT2D eigenvalue weighted by atomic mass is 19.3. The summed E-state index contributed by atoms with van der Waals surface area (Å²) in [6.07, 6.45) is -1.77. The molecule has 1 unspecified atom stereocenters. The van der Waals surface area contributed by atoms with E-state index in [0.717, 1.165) is 29.7 Å². The van der Waals surface area contributed by atoms with Gasteiger partial charge in [0.1, 0.15) is 6.04 Å². The molecule has 1 aromatic heterocycles. The third-order valence-electron chi connectivity index (χ3n) is 4.53. The summed E-state index contributed by atoms with van der Waals surface area (Å²) in [4.78, 5) is 28.6. The van der Waals surface area contributed by atoms with Gasteiger partial charge in [-0.1, -0.05) is 11.6 Å². The van der Waals surface area contributed by atoms with E-state index in [4.69, 9.17) is 5.11 Å². The average Bonchev–Trinajstić information content (AvgIpc) is 3.37. The number of nitrogens with one attached hydrogen (secondary N) is 1. The molecule has 0 spiro atoms. The molecule has 1 aliphatic carbocycles. The van der Waals surface area contributed by atoms with Crippen LogP contribution in [0.3, 0.4) is 0 Å². The lowest BCUT2D eigenvalue weighted by atomic mass is 10.00. The summed E-state index contributed by atoms with van der Waals surface area (Å²) < 4.78 is 25.2. The van der Waals surface area contributed by atoms with Gasteiger partial charge in [-0.15, -0.1) is 0 Å². The van der Waals surface area contributed by atoms with Gasteiger partial charge < -0.3 is 10.4 Å². The van der Waals surface area contributed by atoms with Crippen molar-refractivity contribution in [1.29, 1.82) is 0 Å². The van der Waals surface area contributed by atoms with E-state index in [-0.39, 0.29) is 5.56 Å². The first kappa shape index (κ1) is 18.2. The summed E-state index contributed by atoms with van der Waals surface area (Å²) in [5.74, 6) is -1.85. The number of hydrogen-bond donors (Lipinski definition) is 2. The Morgan fingerprint density at radius 1 is 1.27 bits per heavy atom. The number of alkyl halides is 2. The van der Waals surface area contributed by atoms with Crippen LogP contribution in [-0.4, -0.2) is 34.4 Å². The maximum Gasteiger partial charge on any atom is 0.326 e. The topological polar surface area (TPSA) is 79.3 Å². The maximum absolute atomic E-state index is 12.7. The number of aryl methyl sites for hydroxylation is 2. The number of rotatable bonds is 6. The number of pyridine rings is 1. The van der Waals surface area contributed by atoms with Crippen molar-refractivity contribution in [3.05, 3.63) is 40.6 Å². The smallest absolute Gasteiger partial charge is 0.326 e. The monoisotopic (exact) mass is 362 g/mol. The molecule has 1 saturated carbocycles. The van der Waals surface area contributed by atoms with Crippen molar-refractivity contribution >= 4 is 22.8 Å². The minimum Gasteiger partial charge on any atom is -0.480 e. The number of benzene rings is 1. The highest BCUT2D eigenvalue weighted by molar-refractivity contribution is 6.08. The Hall–Kier alpha value is -2.57. The third-order valence-corrected chi connectivity index (χ3v) is 4.53. The summed E-state index contributed by atoms with van der Waals surface area (Å²) in [6.45, 7) is 3.79. The van der Waals surface area contributed by atoms with E-state index in [1.807, 2.05) is 26.0 Å². The zero-order chi connectivity index (χ0) is 19.0. The van der Waals surface area contributed by atoms with E-state index in [9.17, 15) is 18.4 Å². The van der Waals surface area contributed by atoms with Crippen LogP contribution in [0.2, 0.25) is 0 Å². The lowest BCUT2D eigenvalue weighted by Crippen LogP contribution is -2.42. The zero-order valence-electron chi connectivity index (χ0n) is 14.6. The minimum absolute atomic E-state index is 0.282. The van der Waals surface area contributed by atoms with E-state index >= 15 is 0 Å². The Kier molecular flexibility index (Phi) is 4.89. The van der Waals surface area contributed by atoms with Gasteiger partial charge in [-0.2, -0.15) is 0 Å². The van der Waals surface area contributed by atoms with Crippen molar-refractivity contribution in [3.63, 3.8) is 0 Å². The number of halogens is 2. The van der Waals surface area contributed by atoms with Gasteiger partial charge in [-0.25, -0.2) is 13.6 Å². The molecule has 0 aliphatic heterocycles. The van der Waals surface area contributed by atoms with Crippen molar-refractivity contribution < 1.29 is 23.5 Å². The molecule has 1 fully saturated rings. The number of carbonyl (C=O) groups excluding carboxylic acids is 1. The lowest BCUT2D eigenvalue weighted by molar-refractivity contribution is -0.140. The average molecular weight is 362 g/mol. The first-order valence-corrected chi connectivity index (χ1v) is 8.50. The van der Waals surface area contributed by atoms with Crippen LogP contribution in [0.15, 0.2) is 18.2 Å². The molecule has 0 saturated heterocycles. The van der Waals surface area contributed by atoms with Gasteiger partial charge in [-0.3, -0.25) is 9.78 Å². The van der Waals surface area contributed by atoms with Crippen LogP contribution in [0.5, 0.6) is 0 Å². The van der Waals surface area contributed by atoms with Gasteiger partial charge in [0, 0.05) is 23.4 Å². The molecule has 5 nitrogen and oxygen atoms in total. The highest BCUT2D eigenvalue weighted by Crippen LogP contribution is 2.40. The summed E-state index contributed by atoms with van der Waals surface area (Å²) in [6, 6.07) is 3.80. The fourth-order valence-corrected chi connectivity index (χ4v) is 3.11. The summed E-state index contributed by atoms with van der Waals surface area (Å²) in [5.41, 5.74) is 3.61. The Morgan fingerprint density at radius 2 is 1.96 bits per heavy atom. The first-order chi connectivity index (χ1) is 12.3. The molecular formula is C19H20F2N2O3. The predicted molar refractivity (Wildman–Crippen MR) is 92.7 cm³/mol. The molecule has 1 aliphatic rings. The quantitative estimate of drug-likeness (QED) is 0.823. The fourth-order valence-electron chi connectivity index (χ4n) is 3.11. The molecule has 0 radical (unpaired) electrons. The molecule has 1 atom stereocenters. The molecule has 2 N–H and O–H groups in total. The Labute approximate surface area is 149 Å². The molecule has 7 heteroatoms. The van der Waals surface area contributed by atoms with Crippen LogP contribution >= 0.6 is 0 Å². The molecule has 138 valence electrons. The number of amides is 1. The van der Waals surface area contributed by atoms with E-state index in [0.29, 0.717) is 16.8 Å². The van der Waals surface area contributed by atoms with E-state index in [1.165, 1.54) is 0 Å². The van der Waals surface area contributed by atoms with Crippen LogP contribution < -0.4 is 5.32 Å². The van der Waals surface area contributed by atoms with Crippen LogP contribution in [-0.2, 0) is 4.79 Å². The summed E-state index contributed by atoms with van der Waals surface area (Å²) >= 11 is 0. The van der Waals surface area contributed by atoms with Gasteiger partial charge in [0.05, 0.1) is 11.1 Å². The molecule has 2 aromatic rings. The molecule has 3 rings (SSSR count). The van der Waals surface area contributed by atoms with Crippen LogP contribution in [0, 0.1) is 13.8 Å². The second kappa shape index (κ2) is 6.97. The Balaban J connectivity index is 2.04. The first-order valence-electron chi connectivity index (χ1n) is 8.50. The maximum atomic E-state index is 12.7. The molecule has 0 bridgehead atoms. The van der Waals surface area contributed by atoms with E-state index in [2.05, 4.69) is 10.3 Å². The number of hydrogen-bond acceptors (Lipinski definition) is 3. The van der Waals surface area contributed by atoms with Gasteiger partial charge >= 0.3 is 5.97 Å². The number of aromatic nitrogens is 1. The second-order valence-corrected chi connectivity index (χ2v) is 6.84. The number of nitrogens with zero attached hydrogens (tertiary/aromatic N) is 1. The lowest BCUT2D eigenvalue weighted by Gasteiger charge is -2.16. The SMILES string of the molecule is Cc1cc(C)c2nc(C3CC3)cc(C(=O)NC(CC(F)F)C(=O)O)c2c1. The van der Waals surface area contributed by atoms with Crippen LogP contribution in [0.4, 0.5) is 8.78 Å². The van der Waals surface area contributed by atoms with Gasteiger partial charge in [0.2, 0.25) is 6.43 Å². The standard InChI is InChI=1S/C19H20F2N2O3/c1-9-5-10(2)17-12(6-9)13(7-14(22-17)11-3-4-11)18(24)23-15(19(25)26)8-16(20)21/h5-7,11,15-16H,3-4,8H2,1-2H3,(H,23,24)(H,25,26). The van der Waals surface area contributed by atoms with Gasteiger partial charge in [-0.05, 0) is 44.4 Å². The van der Waals surface area contributed by atoms with Gasteiger partial charge in [0.25, 0.3) is 5.91 Å². The third kappa shape index (κ3) is 3.81. The molecule has 1 amide bonds. The number of carboxylic acid groups (broad SMARTS) is 1. The Bertz CT molecular complexity index is 879. The van der Waals surface area contributed by atoms with E-state index in [1.54, 1.807) is 6.07 Å². The second-order valence-electron chi connectivity index (χ2n) is 6.84. The molecule has 1 aromatic carbocycles. The van der Waals surface area contributed by atoms with Crippen molar-refractivity contribution in [2.75, 3.05) is 0 Å². The highest BCUT2D eigenvalue weighted by Gasteiger charge is 2.29. The number of carboxylic acids is 1. The van der Waals surface area contributed by atoms with E-state index < -0.39 is 30.8 Å². The van der Waals surface area contributed by atoms with Crippen molar-refractivity contribution in [2.24, 2.45) is 0 Å². The van der Waals surface area contributed by atoms with Crippen molar-refractivity contribution in [2.45, 2.75) is 51.5 Å². The Morgan fingerprint density at radius 3 is 2.54 bits per heavy atom. The van der Waals surface area contributed by atoms with Crippen molar-refractivity contribution in [3.8, 4) is 0 Å². The molecular weight excluding hydrogens is 342 g/mol. The molecule has 26 heavy (non-hydrogen) atoms. The van der Waals surface area contributed by atoms with Gasteiger partial charge in [0.15, 0.2) is 0 Å². The molecule has 1 heterocycles. The van der Waals surface area contributed by atoms with Crippen LogP contribution in [0.25, 0.3) is 10.9 Å². The normalized spacial score (nSPS) is 15.3. The summed E-state index contributed by atoms with van der Waals surface area (Å²) in [7, 11) is 0. The van der Waals surface area contributed by atoms with Crippen molar-refractivity contribution in [1.82, 2.24) is 10.3 Å². The predicted octanol–water partition coefficient (Wildman–Crippen LogP) is 3.57. The summed E-state index contributed by atoms with van der Waals surface area (Å²) in [5, 5.41) is 11.9. The number of fused-ring (bicyclic) bond motifs is 1. The minimum atomic E-state index is -2.82. The fraction of sp³-hybridized carbons (Fsp3) is 0.421.